The van der Waals surface area contributed by atoms with Crippen molar-refractivity contribution in [1.29, 1.82) is 0 Å². The molecule has 2 aromatic rings. The first-order valence-electron chi connectivity index (χ1n) is 5.93. The number of benzene rings is 1. The third-order valence-electron chi connectivity index (χ3n) is 3.21. The number of anilines is 2. The predicted molar refractivity (Wildman–Crippen MR) is 83.4 cm³/mol. The second kappa shape index (κ2) is 5.47. The van der Waals surface area contributed by atoms with Gasteiger partial charge in [-0.1, -0.05) is 27.5 Å². The summed E-state index contributed by atoms with van der Waals surface area (Å²) in [4.78, 5) is 0. The fraction of sp³-hybridized carbons (Fsp3) is 0.286. The number of halogens is 2. The average Bonchev–Trinajstić information content (AvgIpc) is 2.33. The van der Waals surface area contributed by atoms with Gasteiger partial charge >= 0.3 is 0 Å². The van der Waals surface area contributed by atoms with E-state index >= 15 is 0 Å². The molecule has 0 saturated heterocycles. The molecule has 2 rings (SSSR count). The number of aromatic nitrogens is 2. The van der Waals surface area contributed by atoms with Crippen LogP contribution in [0.15, 0.2) is 16.6 Å². The Morgan fingerprint density at radius 3 is 2.16 bits per heavy atom. The van der Waals surface area contributed by atoms with E-state index in [9.17, 15) is 0 Å². The number of rotatable bonds is 2. The lowest BCUT2D eigenvalue weighted by Crippen LogP contribution is -2.03. The van der Waals surface area contributed by atoms with Crippen molar-refractivity contribution in [3.05, 3.63) is 44.0 Å². The highest BCUT2D eigenvalue weighted by molar-refractivity contribution is 9.10. The normalized spacial score (nSPS) is 10.6. The SMILES string of the molecule is Cc1cc(Br)cc(C)c1Nc1nnc(Cl)c(C)c1C. The Bertz CT molecular complexity index is 618. The molecule has 0 bridgehead atoms. The van der Waals surface area contributed by atoms with Crippen LogP contribution >= 0.6 is 27.5 Å². The number of aryl methyl sites for hydroxylation is 2. The molecule has 0 fully saturated rings. The van der Waals surface area contributed by atoms with E-state index in [0.717, 1.165) is 38.2 Å². The van der Waals surface area contributed by atoms with E-state index in [1.54, 1.807) is 0 Å². The lowest BCUT2D eigenvalue weighted by molar-refractivity contribution is 1.00. The minimum Gasteiger partial charge on any atom is -0.338 e. The first-order chi connectivity index (χ1) is 8.90. The van der Waals surface area contributed by atoms with Crippen LogP contribution in [0, 0.1) is 27.7 Å². The number of nitrogens with one attached hydrogen (secondary N) is 1. The Morgan fingerprint density at radius 2 is 1.58 bits per heavy atom. The molecule has 1 aromatic carbocycles. The maximum Gasteiger partial charge on any atom is 0.156 e. The lowest BCUT2D eigenvalue weighted by atomic mass is 10.1. The summed E-state index contributed by atoms with van der Waals surface area (Å²) in [6.45, 7) is 8.05. The topological polar surface area (TPSA) is 37.8 Å². The standard InChI is InChI=1S/C14H15BrClN3/c1-7-5-11(15)6-8(2)12(7)17-14-10(4)9(3)13(16)18-19-14/h5-6H,1-4H3,(H,17,19). The van der Waals surface area contributed by atoms with Gasteiger partial charge in [-0.3, -0.25) is 0 Å². The van der Waals surface area contributed by atoms with E-state index in [0.29, 0.717) is 5.15 Å². The van der Waals surface area contributed by atoms with Crippen LogP contribution in [0.3, 0.4) is 0 Å². The zero-order valence-electron chi connectivity index (χ0n) is 11.3. The van der Waals surface area contributed by atoms with Crippen molar-refractivity contribution in [2.45, 2.75) is 27.7 Å². The third-order valence-corrected chi connectivity index (χ3v) is 4.02. The van der Waals surface area contributed by atoms with Crippen molar-refractivity contribution in [1.82, 2.24) is 10.2 Å². The molecule has 0 saturated carbocycles. The summed E-state index contributed by atoms with van der Waals surface area (Å²) in [5.74, 6) is 0.746. The van der Waals surface area contributed by atoms with Gasteiger partial charge < -0.3 is 5.32 Å². The van der Waals surface area contributed by atoms with Gasteiger partial charge in [-0.25, -0.2) is 0 Å². The molecule has 19 heavy (non-hydrogen) atoms. The number of hydrogen-bond donors (Lipinski definition) is 1. The molecule has 0 spiro atoms. The zero-order valence-corrected chi connectivity index (χ0v) is 13.6. The summed E-state index contributed by atoms with van der Waals surface area (Å²) < 4.78 is 1.07. The van der Waals surface area contributed by atoms with Crippen molar-refractivity contribution >= 4 is 39.0 Å². The van der Waals surface area contributed by atoms with Crippen molar-refractivity contribution < 1.29 is 0 Å². The van der Waals surface area contributed by atoms with Gasteiger partial charge in [-0.05, 0) is 62.1 Å². The van der Waals surface area contributed by atoms with Gasteiger partial charge in [0.05, 0.1) is 0 Å². The minimum atomic E-state index is 0.451. The molecule has 0 aliphatic carbocycles. The molecule has 100 valence electrons. The highest BCUT2D eigenvalue weighted by Gasteiger charge is 2.11. The fourth-order valence-electron chi connectivity index (χ4n) is 1.92. The molecule has 0 unspecified atom stereocenters. The lowest BCUT2D eigenvalue weighted by Gasteiger charge is -2.15. The van der Waals surface area contributed by atoms with Crippen molar-refractivity contribution in [2.75, 3.05) is 5.32 Å². The summed E-state index contributed by atoms with van der Waals surface area (Å²) in [5.41, 5.74) is 5.33. The molecule has 0 amide bonds. The molecule has 1 heterocycles. The molecule has 1 aromatic heterocycles. The van der Waals surface area contributed by atoms with E-state index < -0.39 is 0 Å². The second-order valence-electron chi connectivity index (χ2n) is 4.63. The maximum atomic E-state index is 5.96. The predicted octanol–water partition coefficient (Wildman–Crippen LogP) is 4.87. The molecular weight excluding hydrogens is 326 g/mol. The minimum absolute atomic E-state index is 0.451. The number of nitrogens with zero attached hydrogens (tertiary/aromatic N) is 2. The van der Waals surface area contributed by atoms with E-state index in [1.807, 2.05) is 13.8 Å². The molecular formula is C14H15BrClN3. The smallest absolute Gasteiger partial charge is 0.156 e. The Kier molecular flexibility index (Phi) is 4.11. The molecule has 3 nitrogen and oxygen atoms in total. The van der Waals surface area contributed by atoms with Gasteiger partial charge in [0, 0.05) is 10.2 Å². The van der Waals surface area contributed by atoms with Crippen molar-refractivity contribution in [2.24, 2.45) is 0 Å². The Morgan fingerprint density at radius 1 is 1.00 bits per heavy atom. The van der Waals surface area contributed by atoms with Crippen LogP contribution in [-0.4, -0.2) is 10.2 Å². The first kappa shape index (κ1) is 14.3. The Labute approximate surface area is 126 Å². The summed E-state index contributed by atoms with van der Waals surface area (Å²) in [6.07, 6.45) is 0. The van der Waals surface area contributed by atoms with Gasteiger partial charge in [-0.2, -0.15) is 0 Å². The Hall–Kier alpha value is -1.13. The summed E-state index contributed by atoms with van der Waals surface area (Å²) in [7, 11) is 0. The van der Waals surface area contributed by atoms with Crippen LogP contribution in [0.2, 0.25) is 5.15 Å². The van der Waals surface area contributed by atoms with Gasteiger partial charge in [0.25, 0.3) is 0 Å². The van der Waals surface area contributed by atoms with Crippen LogP contribution in [-0.2, 0) is 0 Å². The van der Waals surface area contributed by atoms with E-state index in [2.05, 4.69) is 57.4 Å². The van der Waals surface area contributed by atoms with Crippen LogP contribution < -0.4 is 5.32 Å². The van der Waals surface area contributed by atoms with Crippen molar-refractivity contribution in [3.63, 3.8) is 0 Å². The van der Waals surface area contributed by atoms with E-state index in [4.69, 9.17) is 11.6 Å². The largest absolute Gasteiger partial charge is 0.338 e. The first-order valence-corrected chi connectivity index (χ1v) is 7.10. The Balaban J connectivity index is 2.45. The quantitative estimate of drug-likeness (QED) is 0.847. The molecule has 1 N–H and O–H groups in total. The average molecular weight is 341 g/mol. The molecule has 0 atom stereocenters. The zero-order chi connectivity index (χ0) is 14.2. The molecule has 0 aliphatic heterocycles. The summed E-state index contributed by atoms with van der Waals surface area (Å²) in [6, 6.07) is 4.14. The molecule has 5 heteroatoms. The third kappa shape index (κ3) is 2.90. The fourth-order valence-corrected chi connectivity index (χ4v) is 2.79. The number of hydrogen-bond acceptors (Lipinski definition) is 3. The van der Waals surface area contributed by atoms with Crippen LogP contribution in [0.25, 0.3) is 0 Å². The van der Waals surface area contributed by atoms with E-state index in [1.165, 1.54) is 0 Å². The maximum absolute atomic E-state index is 5.96. The molecule has 0 aliphatic rings. The van der Waals surface area contributed by atoms with Gasteiger partial charge in [0.1, 0.15) is 0 Å². The van der Waals surface area contributed by atoms with Crippen LogP contribution in [0.5, 0.6) is 0 Å². The van der Waals surface area contributed by atoms with Gasteiger partial charge in [-0.15, -0.1) is 10.2 Å². The highest BCUT2D eigenvalue weighted by atomic mass is 79.9. The van der Waals surface area contributed by atoms with Gasteiger partial charge in [0.2, 0.25) is 0 Å². The second-order valence-corrected chi connectivity index (χ2v) is 5.90. The van der Waals surface area contributed by atoms with Crippen LogP contribution in [0.1, 0.15) is 22.3 Å². The molecule has 0 radical (unpaired) electrons. The van der Waals surface area contributed by atoms with Crippen LogP contribution in [0.4, 0.5) is 11.5 Å². The summed E-state index contributed by atoms with van der Waals surface area (Å²) in [5, 5.41) is 11.9. The monoisotopic (exact) mass is 339 g/mol. The van der Waals surface area contributed by atoms with E-state index in [-0.39, 0.29) is 0 Å². The summed E-state index contributed by atoms with van der Waals surface area (Å²) >= 11 is 9.46. The van der Waals surface area contributed by atoms with Gasteiger partial charge in [0.15, 0.2) is 11.0 Å². The van der Waals surface area contributed by atoms with Crippen molar-refractivity contribution in [3.8, 4) is 0 Å². The highest BCUT2D eigenvalue weighted by Crippen LogP contribution is 2.29.